The minimum Gasteiger partial charge on any atom is -0.424 e. The predicted octanol–water partition coefficient (Wildman–Crippen LogP) is 2.65. The Hall–Kier alpha value is -0.670. The van der Waals surface area contributed by atoms with Crippen LogP contribution in [-0.2, 0) is 26.2 Å². The van der Waals surface area contributed by atoms with Gasteiger partial charge < -0.3 is 9.42 Å². The molecule has 1 aromatic carbocycles. The van der Waals surface area contributed by atoms with Gasteiger partial charge in [-0.1, -0.05) is 0 Å². The number of benzene rings is 1. The number of hydrogen-bond donors (Lipinski definition) is 1. The molecular formula is C10H12F3O5PS2. The first-order chi connectivity index (χ1) is 9.45. The molecular weight excluding hydrogens is 352 g/mol. The zero-order valence-electron chi connectivity index (χ0n) is 10.7. The van der Waals surface area contributed by atoms with E-state index in [0.717, 1.165) is 24.3 Å². The molecule has 0 aromatic heterocycles. The van der Waals surface area contributed by atoms with Crippen molar-refractivity contribution >= 4 is 28.4 Å². The minimum atomic E-state index is -4.82. The monoisotopic (exact) mass is 364 g/mol. The number of rotatable bonds is 6. The van der Waals surface area contributed by atoms with Gasteiger partial charge in [-0.15, -0.1) is 0 Å². The highest BCUT2D eigenvalue weighted by molar-refractivity contribution is 8.07. The molecule has 0 fully saturated rings. The normalized spacial score (nSPS) is 15.5. The lowest BCUT2D eigenvalue weighted by Crippen LogP contribution is -2.22. The van der Waals surface area contributed by atoms with Crippen molar-refractivity contribution in [2.75, 3.05) is 12.4 Å². The van der Waals surface area contributed by atoms with Crippen LogP contribution in [0.1, 0.15) is 6.92 Å². The summed E-state index contributed by atoms with van der Waals surface area (Å²) in [4.78, 5) is 9.06. The highest BCUT2D eigenvalue weighted by Gasteiger charge is 2.35. The van der Waals surface area contributed by atoms with Gasteiger partial charge >= 0.3 is 12.9 Å². The van der Waals surface area contributed by atoms with Gasteiger partial charge in [-0.25, -0.2) is 8.42 Å². The van der Waals surface area contributed by atoms with Crippen molar-refractivity contribution in [3.63, 3.8) is 0 Å². The van der Waals surface area contributed by atoms with Crippen LogP contribution in [0.2, 0.25) is 0 Å². The molecule has 11 heteroatoms. The molecule has 1 aromatic rings. The van der Waals surface area contributed by atoms with E-state index in [9.17, 15) is 26.5 Å². The molecule has 120 valence electrons. The van der Waals surface area contributed by atoms with Crippen LogP contribution in [0, 0.1) is 0 Å². The van der Waals surface area contributed by atoms with Crippen molar-refractivity contribution in [3.05, 3.63) is 24.3 Å². The lowest BCUT2D eigenvalue weighted by molar-refractivity contribution is -0.106. The van der Waals surface area contributed by atoms with Crippen molar-refractivity contribution in [2.24, 2.45) is 0 Å². The van der Waals surface area contributed by atoms with E-state index in [1.54, 1.807) is 6.92 Å². The second-order valence-electron chi connectivity index (χ2n) is 3.82. The summed E-state index contributed by atoms with van der Waals surface area (Å²) >= 11 is 4.66. The first kappa shape index (κ1) is 18.4. The standard InChI is InChI=1S/C10H12F3O5PS2/c1-2-17-19(14,20)18-8-3-5-9(6-4-8)21(15,16)7-10(11,12)13/h3-6H,2,7H2,1H3,(H,14,20). The third-order valence-corrected chi connectivity index (χ3v) is 5.31. The highest BCUT2D eigenvalue weighted by Crippen LogP contribution is 2.44. The van der Waals surface area contributed by atoms with E-state index in [1.165, 1.54) is 0 Å². The third kappa shape index (κ3) is 6.31. The van der Waals surface area contributed by atoms with E-state index in [-0.39, 0.29) is 12.4 Å². The maximum atomic E-state index is 12.2. The molecule has 0 saturated carbocycles. The molecule has 1 N–H and O–H groups in total. The van der Waals surface area contributed by atoms with Crippen molar-refractivity contribution in [3.8, 4) is 5.75 Å². The first-order valence-corrected chi connectivity index (χ1v) is 9.76. The van der Waals surface area contributed by atoms with Crippen LogP contribution >= 0.6 is 6.72 Å². The summed E-state index contributed by atoms with van der Waals surface area (Å²) in [6.07, 6.45) is -4.82. The van der Waals surface area contributed by atoms with Crippen LogP contribution in [0.5, 0.6) is 5.75 Å². The highest BCUT2D eigenvalue weighted by atomic mass is 32.5. The molecule has 21 heavy (non-hydrogen) atoms. The number of hydrogen-bond acceptors (Lipinski definition) is 5. The quantitative estimate of drug-likeness (QED) is 0.783. The summed E-state index contributed by atoms with van der Waals surface area (Å²) < 4.78 is 69.2. The van der Waals surface area contributed by atoms with Crippen molar-refractivity contribution in [2.45, 2.75) is 18.0 Å². The molecule has 5 nitrogen and oxygen atoms in total. The Kier molecular flexibility index (Phi) is 5.79. The number of sulfone groups is 1. The Bertz CT molecular complexity index is 627. The predicted molar refractivity (Wildman–Crippen MR) is 73.3 cm³/mol. The molecule has 0 aliphatic rings. The Morgan fingerprint density at radius 2 is 1.81 bits per heavy atom. The summed E-state index contributed by atoms with van der Waals surface area (Å²) in [5.41, 5.74) is 0. The molecule has 0 saturated heterocycles. The zero-order chi connectivity index (χ0) is 16.3. The van der Waals surface area contributed by atoms with Gasteiger partial charge in [0.1, 0.15) is 5.75 Å². The fraction of sp³-hybridized carbons (Fsp3) is 0.400. The average molecular weight is 364 g/mol. The van der Waals surface area contributed by atoms with Gasteiger partial charge in [0.2, 0.25) is 0 Å². The van der Waals surface area contributed by atoms with Crippen molar-refractivity contribution < 1.29 is 35.5 Å². The van der Waals surface area contributed by atoms with Crippen LogP contribution in [0.3, 0.4) is 0 Å². The third-order valence-electron chi connectivity index (χ3n) is 2.05. The maximum absolute atomic E-state index is 12.2. The van der Waals surface area contributed by atoms with Crippen LogP contribution in [0.15, 0.2) is 29.2 Å². The number of alkyl halides is 3. The smallest absolute Gasteiger partial charge is 0.403 e. The van der Waals surface area contributed by atoms with Gasteiger partial charge in [-0.3, -0.25) is 4.52 Å². The molecule has 0 heterocycles. The Labute approximate surface area is 124 Å². The molecule has 0 amide bonds. The van der Waals surface area contributed by atoms with Gasteiger partial charge in [0.25, 0.3) is 0 Å². The largest absolute Gasteiger partial charge is 0.424 e. The first-order valence-electron chi connectivity index (χ1n) is 5.52. The molecule has 0 spiro atoms. The lowest BCUT2D eigenvalue weighted by Gasteiger charge is -2.15. The average Bonchev–Trinajstić information content (AvgIpc) is 2.25. The summed E-state index contributed by atoms with van der Waals surface area (Å²) in [7, 11) is -4.48. The van der Waals surface area contributed by atoms with E-state index in [4.69, 9.17) is 9.05 Å². The van der Waals surface area contributed by atoms with Gasteiger partial charge in [-0.2, -0.15) is 13.2 Å². The summed E-state index contributed by atoms with van der Waals surface area (Å²) in [5, 5.41) is 0. The fourth-order valence-corrected chi connectivity index (χ4v) is 3.82. The van der Waals surface area contributed by atoms with Gasteiger partial charge in [-0.05, 0) is 31.2 Å². The summed E-state index contributed by atoms with van der Waals surface area (Å²) in [6, 6.07) is 4.08. The van der Waals surface area contributed by atoms with Crippen LogP contribution in [-0.4, -0.2) is 31.8 Å². The summed E-state index contributed by atoms with van der Waals surface area (Å²) in [6.45, 7) is -1.79. The molecule has 1 unspecified atom stereocenters. The van der Waals surface area contributed by atoms with Crippen LogP contribution < -0.4 is 4.52 Å². The minimum absolute atomic E-state index is 0.000224. The lowest BCUT2D eigenvalue weighted by atomic mass is 10.3. The van der Waals surface area contributed by atoms with Crippen molar-refractivity contribution in [1.29, 1.82) is 0 Å². The Morgan fingerprint density at radius 1 is 1.29 bits per heavy atom. The van der Waals surface area contributed by atoms with Crippen molar-refractivity contribution in [1.82, 2.24) is 0 Å². The van der Waals surface area contributed by atoms with E-state index in [2.05, 4.69) is 11.8 Å². The fourth-order valence-electron chi connectivity index (χ4n) is 1.33. The molecule has 1 rings (SSSR count). The van der Waals surface area contributed by atoms with Gasteiger partial charge in [0.15, 0.2) is 15.6 Å². The molecule has 0 bridgehead atoms. The van der Waals surface area contributed by atoms with Gasteiger partial charge in [0.05, 0.1) is 11.5 Å². The van der Waals surface area contributed by atoms with Crippen LogP contribution in [0.25, 0.3) is 0 Å². The molecule has 0 aliphatic carbocycles. The van der Waals surface area contributed by atoms with E-state index in [1.807, 2.05) is 0 Å². The molecule has 1 atom stereocenters. The second-order valence-corrected chi connectivity index (χ2v) is 8.58. The topological polar surface area (TPSA) is 72.8 Å². The number of halogens is 3. The van der Waals surface area contributed by atoms with E-state index >= 15 is 0 Å². The SMILES string of the molecule is CCOP(O)(=S)Oc1ccc(S(=O)(=O)CC(F)(F)F)cc1. The Balaban J connectivity index is 2.91. The molecule has 0 aliphatic heterocycles. The maximum Gasteiger partial charge on any atom is 0.403 e. The van der Waals surface area contributed by atoms with Crippen LogP contribution in [0.4, 0.5) is 13.2 Å². The Morgan fingerprint density at radius 3 is 2.24 bits per heavy atom. The molecule has 0 radical (unpaired) electrons. The van der Waals surface area contributed by atoms with E-state index in [0.29, 0.717) is 0 Å². The second kappa shape index (κ2) is 6.62. The van der Waals surface area contributed by atoms with Gasteiger partial charge in [0, 0.05) is 11.8 Å². The summed E-state index contributed by atoms with van der Waals surface area (Å²) in [5.74, 6) is -1.95. The van der Waals surface area contributed by atoms with E-state index < -0.39 is 33.4 Å². The zero-order valence-corrected chi connectivity index (χ0v) is 13.2.